The normalized spacial score (nSPS) is 11.2. The maximum Gasteiger partial charge on any atom is 0.261 e. The molecule has 1 amide bonds. The lowest BCUT2D eigenvalue weighted by atomic mass is 10.1. The monoisotopic (exact) mass is 339 g/mol. The summed E-state index contributed by atoms with van der Waals surface area (Å²) in [6.07, 6.45) is 0. The van der Waals surface area contributed by atoms with Gasteiger partial charge in [-0.3, -0.25) is 4.79 Å². The van der Waals surface area contributed by atoms with Gasteiger partial charge in [0, 0.05) is 16.8 Å². The van der Waals surface area contributed by atoms with Crippen LogP contribution in [-0.2, 0) is 13.1 Å². The average Bonchev–Trinajstić information content (AvgIpc) is 2.91. The van der Waals surface area contributed by atoms with Gasteiger partial charge in [0.15, 0.2) is 0 Å². The Morgan fingerprint density at radius 1 is 1.04 bits per heavy atom. The van der Waals surface area contributed by atoms with Crippen LogP contribution in [0.4, 0.5) is 0 Å². The van der Waals surface area contributed by atoms with Gasteiger partial charge in [0.2, 0.25) is 0 Å². The molecule has 24 heavy (non-hydrogen) atoms. The van der Waals surface area contributed by atoms with Crippen LogP contribution >= 0.6 is 11.3 Å². The third-order valence-corrected chi connectivity index (χ3v) is 5.42. The molecule has 0 aliphatic carbocycles. The Kier molecular flexibility index (Phi) is 4.97. The van der Waals surface area contributed by atoms with Crippen molar-refractivity contribution in [2.24, 2.45) is 0 Å². The van der Waals surface area contributed by atoms with Gasteiger partial charge in [-0.1, -0.05) is 42.5 Å². The highest BCUT2D eigenvalue weighted by molar-refractivity contribution is 7.21. The Bertz CT molecular complexity index is 867. The molecule has 0 unspecified atom stereocenters. The van der Waals surface area contributed by atoms with Gasteiger partial charge in [-0.2, -0.15) is 0 Å². The quantitative estimate of drug-likeness (QED) is 0.736. The van der Waals surface area contributed by atoms with Crippen molar-refractivity contribution in [2.75, 3.05) is 14.1 Å². The van der Waals surface area contributed by atoms with E-state index < -0.39 is 0 Å². The van der Waals surface area contributed by atoms with Crippen LogP contribution < -0.4 is 10.2 Å². The van der Waals surface area contributed by atoms with Crippen LogP contribution in [0.5, 0.6) is 0 Å². The molecule has 1 aromatic heterocycles. The van der Waals surface area contributed by atoms with E-state index in [1.54, 1.807) is 11.3 Å². The van der Waals surface area contributed by atoms with E-state index in [0.717, 1.165) is 21.7 Å². The van der Waals surface area contributed by atoms with Crippen LogP contribution in [-0.4, -0.2) is 20.0 Å². The summed E-state index contributed by atoms with van der Waals surface area (Å²) in [4.78, 5) is 14.8. The van der Waals surface area contributed by atoms with E-state index in [4.69, 9.17) is 0 Å². The molecule has 0 aliphatic rings. The van der Waals surface area contributed by atoms with Gasteiger partial charge in [0.05, 0.1) is 19.0 Å². The van der Waals surface area contributed by atoms with Crippen molar-refractivity contribution in [2.45, 2.75) is 20.0 Å². The van der Waals surface area contributed by atoms with Crippen molar-refractivity contribution < 1.29 is 9.69 Å². The molecule has 0 spiro atoms. The minimum atomic E-state index is 0.0145. The fourth-order valence-electron chi connectivity index (χ4n) is 2.93. The van der Waals surface area contributed by atoms with E-state index in [1.807, 2.05) is 25.1 Å². The summed E-state index contributed by atoms with van der Waals surface area (Å²) >= 11 is 1.57. The highest BCUT2D eigenvalue weighted by atomic mass is 32.1. The zero-order chi connectivity index (χ0) is 17.1. The number of carbonyl (C=O) groups is 1. The molecule has 0 bridgehead atoms. The Labute approximate surface area is 146 Å². The number of thiophene rings is 1. The molecule has 3 rings (SSSR count). The van der Waals surface area contributed by atoms with Crippen LogP contribution in [0.15, 0.2) is 48.5 Å². The fourth-order valence-corrected chi connectivity index (χ4v) is 4.06. The van der Waals surface area contributed by atoms with Crippen molar-refractivity contribution in [1.29, 1.82) is 0 Å². The second-order valence-corrected chi connectivity index (χ2v) is 7.44. The highest BCUT2D eigenvalue weighted by Gasteiger charge is 2.15. The summed E-state index contributed by atoms with van der Waals surface area (Å²) < 4.78 is 1.16. The lowest BCUT2D eigenvalue weighted by Crippen LogP contribution is -3.04. The molecule has 3 aromatic rings. The Hall–Kier alpha value is -2.17. The second kappa shape index (κ2) is 7.16. The average molecular weight is 339 g/mol. The minimum absolute atomic E-state index is 0.0145. The van der Waals surface area contributed by atoms with Gasteiger partial charge in [-0.05, 0) is 29.5 Å². The van der Waals surface area contributed by atoms with Crippen molar-refractivity contribution in [3.8, 4) is 0 Å². The molecular weight excluding hydrogens is 316 g/mol. The van der Waals surface area contributed by atoms with Gasteiger partial charge in [-0.25, -0.2) is 0 Å². The van der Waals surface area contributed by atoms with Crippen LogP contribution in [0.3, 0.4) is 0 Å². The van der Waals surface area contributed by atoms with E-state index >= 15 is 0 Å². The van der Waals surface area contributed by atoms with E-state index in [-0.39, 0.29) is 5.91 Å². The number of carbonyl (C=O) groups excluding carboxylic acids is 1. The molecule has 0 fully saturated rings. The maximum absolute atomic E-state index is 12.6. The molecule has 3 nitrogen and oxygen atoms in total. The van der Waals surface area contributed by atoms with Crippen molar-refractivity contribution in [1.82, 2.24) is 5.32 Å². The number of nitrogens with one attached hydrogen (secondary N) is 2. The zero-order valence-corrected chi connectivity index (χ0v) is 15.2. The summed E-state index contributed by atoms with van der Waals surface area (Å²) in [7, 11) is 4.27. The number of aryl methyl sites for hydroxylation is 1. The van der Waals surface area contributed by atoms with Crippen LogP contribution in [0, 0.1) is 6.92 Å². The Morgan fingerprint density at radius 3 is 2.42 bits per heavy atom. The molecule has 0 saturated carbocycles. The molecule has 1 heterocycles. The lowest BCUT2D eigenvalue weighted by Gasteiger charge is -2.12. The summed E-state index contributed by atoms with van der Waals surface area (Å²) in [5, 5.41) is 4.26. The largest absolute Gasteiger partial charge is 0.347 e. The fraction of sp³-hybridized carbons (Fsp3) is 0.250. The summed E-state index contributed by atoms with van der Waals surface area (Å²) in [5.74, 6) is 0.0145. The van der Waals surface area contributed by atoms with Crippen LogP contribution in [0.25, 0.3) is 10.1 Å². The maximum atomic E-state index is 12.6. The summed E-state index contributed by atoms with van der Waals surface area (Å²) in [5.41, 5.74) is 3.54. The van der Waals surface area contributed by atoms with E-state index in [2.05, 4.69) is 49.7 Å². The van der Waals surface area contributed by atoms with Gasteiger partial charge in [-0.15, -0.1) is 11.3 Å². The van der Waals surface area contributed by atoms with E-state index in [0.29, 0.717) is 6.54 Å². The van der Waals surface area contributed by atoms with Gasteiger partial charge < -0.3 is 10.2 Å². The molecule has 0 aliphatic heterocycles. The number of quaternary nitrogens is 1. The van der Waals surface area contributed by atoms with Crippen molar-refractivity contribution in [3.05, 3.63) is 70.1 Å². The predicted octanol–water partition coefficient (Wildman–Crippen LogP) is 2.78. The number of hydrogen-bond acceptors (Lipinski definition) is 2. The predicted molar refractivity (Wildman–Crippen MR) is 101 cm³/mol. The summed E-state index contributed by atoms with van der Waals surface area (Å²) in [6, 6.07) is 16.5. The number of hydrogen-bond donors (Lipinski definition) is 2. The number of benzene rings is 2. The molecule has 4 heteroatoms. The first-order valence-electron chi connectivity index (χ1n) is 8.18. The smallest absolute Gasteiger partial charge is 0.261 e. The summed E-state index contributed by atoms with van der Waals surface area (Å²) in [6.45, 7) is 3.54. The SMILES string of the molecule is Cc1c(C(=O)NCc2ccccc2C[NH+](C)C)sc2ccccc12. The van der Waals surface area contributed by atoms with Gasteiger partial charge in [0.1, 0.15) is 6.54 Å². The number of rotatable bonds is 5. The standard InChI is InChI=1S/C20H22N2OS/c1-14-17-10-6-7-11-18(17)24-19(14)20(23)21-12-15-8-4-5-9-16(15)13-22(2)3/h4-11H,12-13H2,1-3H3,(H,21,23)/p+1. The first kappa shape index (κ1) is 16.7. The molecular formula is C20H23N2OS+. The molecule has 2 aromatic carbocycles. The zero-order valence-electron chi connectivity index (χ0n) is 14.3. The first-order chi connectivity index (χ1) is 11.6. The van der Waals surface area contributed by atoms with Crippen LogP contribution in [0.2, 0.25) is 0 Å². The number of amides is 1. The topological polar surface area (TPSA) is 33.5 Å². The van der Waals surface area contributed by atoms with Gasteiger partial charge >= 0.3 is 0 Å². The third kappa shape index (κ3) is 3.50. The highest BCUT2D eigenvalue weighted by Crippen LogP contribution is 2.30. The molecule has 124 valence electrons. The van der Waals surface area contributed by atoms with E-state index in [9.17, 15) is 4.79 Å². The van der Waals surface area contributed by atoms with Crippen molar-refractivity contribution in [3.63, 3.8) is 0 Å². The first-order valence-corrected chi connectivity index (χ1v) is 9.00. The molecule has 0 saturated heterocycles. The number of fused-ring (bicyclic) bond motifs is 1. The minimum Gasteiger partial charge on any atom is -0.347 e. The van der Waals surface area contributed by atoms with Crippen molar-refractivity contribution >= 4 is 27.3 Å². The second-order valence-electron chi connectivity index (χ2n) is 6.39. The lowest BCUT2D eigenvalue weighted by molar-refractivity contribution is -0.872. The van der Waals surface area contributed by atoms with Gasteiger partial charge in [0.25, 0.3) is 5.91 Å². The third-order valence-electron chi connectivity index (χ3n) is 4.15. The van der Waals surface area contributed by atoms with E-state index in [1.165, 1.54) is 21.4 Å². The Balaban J connectivity index is 1.77. The molecule has 0 radical (unpaired) electrons. The Morgan fingerprint density at radius 2 is 1.71 bits per heavy atom. The van der Waals surface area contributed by atoms with Crippen LogP contribution in [0.1, 0.15) is 26.4 Å². The molecule has 0 atom stereocenters. The molecule has 2 N–H and O–H groups in total.